The molecular formula is C28H33ClN4O4S. The zero-order valence-corrected chi connectivity index (χ0v) is 23.2. The molecule has 0 aromatic heterocycles. The zero-order chi connectivity index (χ0) is 27.3. The van der Waals surface area contributed by atoms with E-state index in [0.29, 0.717) is 44.0 Å². The van der Waals surface area contributed by atoms with Gasteiger partial charge < -0.3 is 14.7 Å². The lowest BCUT2D eigenvalue weighted by Gasteiger charge is -2.34. The summed E-state index contributed by atoms with van der Waals surface area (Å²) >= 11 is 6.03. The van der Waals surface area contributed by atoms with Crippen LogP contribution in [0.25, 0.3) is 10.8 Å². The molecule has 0 radical (unpaired) electrons. The average Bonchev–Trinajstić information content (AvgIpc) is 2.88. The van der Waals surface area contributed by atoms with Gasteiger partial charge in [-0.15, -0.1) is 0 Å². The number of benzene rings is 3. The number of halogens is 1. The molecule has 1 aliphatic heterocycles. The molecule has 3 aromatic carbocycles. The van der Waals surface area contributed by atoms with Gasteiger partial charge in [-0.2, -0.15) is 4.72 Å². The fraction of sp³-hybridized carbons (Fsp3) is 0.357. The summed E-state index contributed by atoms with van der Waals surface area (Å²) in [7, 11) is -0.0625. The van der Waals surface area contributed by atoms with Gasteiger partial charge in [0, 0.05) is 31.2 Å². The number of nitrogens with zero attached hydrogens (tertiary/aromatic N) is 3. The van der Waals surface area contributed by atoms with Crippen molar-refractivity contribution < 1.29 is 18.0 Å². The van der Waals surface area contributed by atoms with Crippen LogP contribution in [0.3, 0.4) is 0 Å². The van der Waals surface area contributed by atoms with Gasteiger partial charge in [-0.25, -0.2) is 8.42 Å². The maximum Gasteiger partial charge on any atom is 0.242 e. The summed E-state index contributed by atoms with van der Waals surface area (Å²) in [5.41, 5.74) is 1.01. The predicted octanol–water partition coefficient (Wildman–Crippen LogP) is 3.35. The molecule has 202 valence electrons. The molecule has 1 fully saturated rings. The van der Waals surface area contributed by atoms with E-state index in [2.05, 4.69) is 4.72 Å². The van der Waals surface area contributed by atoms with Crippen LogP contribution < -0.4 is 4.72 Å². The van der Waals surface area contributed by atoms with Crippen LogP contribution in [0, 0.1) is 0 Å². The van der Waals surface area contributed by atoms with Gasteiger partial charge in [0.15, 0.2) is 0 Å². The summed E-state index contributed by atoms with van der Waals surface area (Å²) in [5, 5.41) is 2.12. The highest BCUT2D eigenvalue weighted by Gasteiger charge is 2.34. The summed E-state index contributed by atoms with van der Waals surface area (Å²) in [6.07, 6.45) is 0.971. The van der Waals surface area contributed by atoms with Crippen molar-refractivity contribution >= 4 is 44.2 Å². The fourth-order valence-electron chi connectivity index (χ4n) is 4.50. The Morgan fingerprint density at radius 2 is 1.74 bits per heavy atom. The summed E-state index contributed by atoms with van der Waals surface area (Å²) in [4.78, 5) is 31.9. The lowest BCUT2D eigenvalue weighted by molar-refractivity contribution is -0.143. The van der Waals surface area contributed by atoms with Crippen LogP contribution in [0.1, 0.15) is 18.4 Å². The van der Waals surface area contributed by atoms with Gasteiger partial charge >= 0.3 is 0 Å². The fourth-order valence-corrected chi connectivity index (χ4v) is 5.94. The van der Waals surface area contributed by atoms with Crippen molar-refractivity contribution in [2.75, 3.05) is 40.3 Å². The number of hydrogen-bond acceptors (Lipinski definition) is 5. The minimum absolute atomic E-state index is 0.0750. The van der Waals surface area contributed by atoms with E-state index in [1.165, 1.54) is 11.0 Å². The summed E-state index contributed by atoms with van der Waals surface area (Å²) in [6.45, 7) is 1.97. The average molecular weight is 557 g/mol. The van der Waals surface area contributed by atoms with Crippen LogP contribution in [0.5, 0.6) is 0 Å². The number of carbonyl (C=O) groups is 2. The third-order valence-corrected chi connectivity index (χ3v) is 8.33. The van der Waals surface area contributed by atoms with Crippen molar-refractivity contribution in [3.63, 3.8) is 0 Å². The van der Waals surface area contributed by atoms with Gasteiger partial charge in [-0.05, 0) is 67.5 Å². The second-order valence-electron chi connectivity index (χ2n) is 9.83. The Balaban J connectivity index is 1.44. The molecule has 2 amide bonds. The molecular weight excluding hydrogens is 524 g/mol. The molecule has 38 heavy (non-hydrogen) atoms. The molecule has 1 heterocycles. The second kappa shape index (κ2) is 12.3. The van der Waals surface area contributed by atoms with Crippen molar-refractivity contribution in [2.24, 2.45) is 0 Å². The molecule has 0 unspecified atom stereocenters. The molecule has 1 saturated heterocycles. The first kappa shape index (κ1) is 28.0. The monoisotopic (exact) mass is 556 g/mol. The highest BCUT2D eigenvalue weighted by atomic mass is 35.5. The third kappa shape index (κ3) is 7.11. The maximum atomic E-state index is 13.3. The Kier molecular flexibility index (Phi) is 9.04. The van der Waals surface area contributed by atoms with Crippen molar-refractivity contribution in [3.8, 4) is 0 Å². The minimum atomic E-state index is -3.95. The number of fused-ring (bicyclic) bond motifs is 1. The zero-order valence-electron chi connectivity index (χ0n) is 21.6. The molecule has 0 aliphatic carbocycles. The first-order valence-electron chi connectivity index (χ1n) is 12.6. The smallest absolute Gasteiger partial charge is 0.242 e. The van der Waals surface area contributed by atoms with E-state index in [4.69, 9.17) is 11.6 Å². The summed E-state index contributed by atoms with van der Waals surface area (Å²) < 4.78 is 28.9. The molecule has 10 heteroatoms. The van der Waals surface area contributed by atoms with Gasteiger partial charge in [-0.3, -0.25) is 9.59 Å². The molecule has 0 spiro atoms. The van der Waals surface area contributed by atoms with Crippen molar-refractivity contribution in [2.45, 2.75) is 30.3 Å². The number of nitrogens with one attached hydrogen (secondary N) is 1. The van der Waals surface area contributed by atoms with E-state index in [1.807, 2.05) is 49.3 Å². The Morgan fingerprint density at radius 3 is 2.47 bits per heavy atom. The van der Waals surface area contributed by atoms with Gasteiger partial charge in [0.05, 0.1) is 11.4 Å². The largest absolute Gasteiger partial charge is 0.336 e. The van der Waals surface area contributed by atoms with E-state index in [9.17, 15) is 18.0 Å². The predicted molar refractivity (Wildman–Crippen MR) is 149 cm³/mol. The van der Waals surface area contributed by atoms with Crippen molar-refractivity contribution in [3.05, 3.63) is 77.3 Å². The molecule has 8 nitrogen and oxygen atoms in total. The van der Waals surface area contributed by atoms with Gasteiger partial charge in [0.2, 0.25) is 21.8 Å². The molecule has 4 rings (SSSR count). The summed E-state index contributed by atoms with van der Waals surface area (Å²) in [6, 6.07) is 18.8. The normalized spacial score (nSPS) is 16.3. The number of amides is 2. The van der Waals surface area contributed by atoms with Crippen LogP contribution in [0.2, 0.25) is 5.02 Å². The minimum Gasteiger partial charge on any atom is -0.336 e. The number of sulfonamides is 1. The van der Waals surface area contributed by atoms with E-state index in [-0.39, 0.29) is 23.3 Å². The topological polar surface area (TPSA) is 90.0 Å². The highest BCUT2D eigenvalue weighted by Crippen LogP contribution is 2.23. The Morgan fingerprint density at radius 1 is 1.03 bits per heavy atom. The quantitative estimate of drug-likeness (QED) is 0.414. The number of hydrogen-bond donors (Lipinski definition) is 1. The Hall–Kier alpha value is -2.98. The van der Waals surface area contributed by atoms with Crippen molar-refractivity contribution in [1.29, 1.82) is 0 Å². The van der Waals surface area contributed by atoms with E-state index in [1.54, 1.807) is 35.2 Å². The maximum absolute atomic E-state index is 13.3. The number of carbonyl (C=O) groups excluding carboxylic acids is 2. The van der Waals surface area contributed by atoms with Gasteiger partial charge in [0.1, 0.15) is 6.04 Å². The molecule has 1 atom stereocenters. The summed E-state index contributed by atoms with van der Waals surface area (Å²) in [5.74, 6) is -0.547. The first-order valence-corrected chi connectivity index (χ1v) is 14.5. The van der Waals surface area contributed by atoms with E-state index >= 15 is 0 Å². The van der Waals surface area contributed by atoms with Gasteiger partial charge in [-0.1, -0.05) is 54.1 Å². The van der Waals surface area contributed by atoms with Crippen LogP contribution in [0.15, 0.2) is 71.6 Å². The SMILES string of the molecule is CN(C)CCN(Cc1ccccc1)C(=O)CN1CCC[C@H](NS(=O)(=O)c2ccc3cc(Cl)ccc3c2)C1=O. The van der Waals surface area contributed by atoms with E-state index < -0.39 is 16.1 Å². The molecule has 1 N–H and O–H groups in total. The van der Waals surface area contributed by atoms with Crippen molar-refractivity contribution in [1.82, 2.24) is 19.4 Å². The number of likely N-dealkylation sites (tertiary alicyclic amines) is 1. The number of piperidine rings is 1. The Bertz CT molecular complexity index is 1400. The van der Waals surface area contributed by atoms with Crippen LogP contribution >= 0.6 is 11.6 Å². The molecule has 0 saturated carbocycles. The lowest BCUT2D eigenvalue weighted by atomic mass is 10.1. The van der Waals surface area contributed by atoms with Crippen LogP contribution in [-0.2, 0) is 26.2 Å². The number of likely N-dealkylation sites (N-methyl/N-ethyl adjacent to an activating group) is 1. The Labute approximate surface area is 229 Å². The standard InChI is InChI=1S/C28H33ClN4O4S/c1-31(2)15-16-32(19-21-7-4-3-5-8-21)27(34)20-33-14-6-9-26(28(33)35)30-38(36,37)25-13-11-22-17-24(29)12-10-23(22)18-25/h3-5,7-8,10-13,17-18,26,30H,6,9,14-16,19-20H2,1-2H3/t26-/m0/s1. The lowest BCUT2D eigenvalue weighted by Crippen LogP contribution is -2.54. The van der Waals surface area contributed by atoms with Crippen LogP contribution in [0.4, 0.5) is 0 Å². The molecule has 3 aromatic rings. The molecule has 0 bridgehead atoms. The third-order valence-electron chi connectivity index (χ3n) is 6.62. The number of rotatable bonds is 10. The van der Waals surface area contributed by atoms with E-state index in [0.717, 1.165) is 16.3 Å². The van der Waals surface area contributed by atoms with Crippen LogP contribution in [-0.4, -0.2) is 81.2 Å². The first-order chi connectivity index (χ1) is 18.1. The molecule has 1 aliphatic rings. The van der Waals surface area contributed by atoms with Gasteiger partial charge in [0.25, 0.3) is 0 Å². The second-order valence-corrected chi connectivity index (χ2v) is 12.0. The highest BCUT2D eigenvalue weighted by molar-refractivity contribution is 7.89.